The van der Waals surface area contributed by atoms with Gasteiger partial charge in [-0.3, -0.25) is 4.39 Å². The van der Waals surface area contributed by atoms with Gasteiger partial charge in [0.25, 0.3) is 0 Å². The van der Waals surface area contributed by atoms with Gasteiger partial charge in [-0.15, -0.1) is 53.6 Å². The molecule has 0 amide bonds. The zero-order valence-corrected chi connectivity index (χ0v) is 30.6. The SMILES string of the molecule is C[Si](C)(C)c1ccc(-c2[c-]cccc2)nc1.[2H]C([2H])(c1ccnc(-c2[c-]cc(F)c3c2sc2ccccc23)c1)c1c(C)cccc1C.[Ir]. The van der Waals surface area contributed by atoms with Gasteiger partial charge in [0, 0.05) is 45.8 Å². The van der Waals surface area contributed by atoms with Crippen LogP contribution in [0, 0.1) is 31.8 Å². The molecular weight excluding hydrogens is 780 g/mol. The maximum absolute atomic E-state index is 14.7. The first-order chi connectivity index (χ1) is 22.4. The average Bonchev–Trinajstić information content (AvgIpc) is 3.46. The van der Waals surface area contributed by atoms with Crippen LogP contribution < -0.4 is 5.19 Å². The number of halogens is 1. The number of nitrogens with zero attached hydrogens (tertiary/aromatic N) is 2. The van der Waals surface area contributed by atoms with Crippen LogP contribution in [0.3, 0.4) is 0 Å². The third-order valence-corrected chi connectivity index (χ3v) is 11.0. The first kappa shape index (κ1) is 30.8. The first-order valence-corrected chi connectivity index (χ1v) is 19.3. The Labute approximate surface area is 292 Å². The van der Waals surface area contributed by atoms with Gasteiger partial charge in [-0.1, -0.05) is 74.2 Å². The standard InChI is InChI=1S/C26H19FNS.C14H16NSi.Ir/c1-16-6-5-7-17(2)21(16)14-18-12-13-28-23(15-18)19-10-11-22(27)25-20-8-3-4-9-24(20)29-26(19)25;1-16(2,3)13-9-10-14(15-11-13)12-7-5-4-6-8-12;/h3-9,11-13,15H,14H2,1-2H3;4-7,9-11H,1-3H3;/q2*-1;/i14D2;;. The Kier molecular flexibility index (Phi) is 9.59. The summed E-state index contributed by atoms with van der Waals surface area (Å²) in [5.41, 5.74) is 6.34. The number of pyridine rings is 2. The van der Waals surface area contributed by atoms with Crippen molar-refractivity contribution in [2.45, 2.75) is 39.9 Å². The monoisotopic (exact) mass is 817 g/mol. The van der Waals surface area contributed by atoms with Crippen LogP contribution in [0.5, 0.6) is 0 Å². The number of benzene rings is 4. The molecule has 1 radical (unpaired) electrons. The molecule has 3 aromatic heterocycles. The van der Waals surface area contributed by atoms with Crippen molar-refractivity contribution >= 4 is 44.8 Å². The Morgan fingerprint density at radius 3 is 2.30 bits per heavy atom. The van der Waals surface area contributed by atoms with Gasteiger partial charge in [-0.05, 0) is 86.7 Å². The summed E-state index contributed by atoms with van der Waals surface area (Å²) in [4.78, 5) is 9.02. The summed E-state index contributed by atoms with van der Waals surface area (Å²) < 4.78 is 34.3. The molecule has 0 fully saturated rings. The fourth-order valence-electron chi connectivity index (χ4n) is 5.27. The Bertz CT molecular complexity index is 2180. The summed E-state index contributed by atoms with van der Waals surface area (Å²) in [5.74, 6) is -0.307. The van der Waals surface area contributed by atoms with E-state index in [2.05, 4.69) is 53.9 Å². The third kappa shape index (κ3) is 7.27. The topological polar surface area (TPSA) is 25.8 Å². The van der Waals surface area contributed by atoms with Crippen molar-refractivity contribution in [3.8, 4) is 22.5 Å². The van der Waals surface area contributed by atoms with Gasteiger partial charge in [-0.25, -0.2) is 0 Å². The van der Waals surface area contributed by atoms with Crippen LogP contribution in [-0.4, -0.2) is 18.0 Å². The van der Waals surface area contributed by atoms with Gasteiger partial charge in [0.05, 0.1) is 8.07 Å². The van der Waals surface area contributed by atoms with E-state index < -0.39 is 14.4 Å². The van der Waals surface area contributed by atoms with Crippen molar-refractivity contribution in [2.24, 2.45) is 0 Å². The molecule has 2 nitrogen and oxygen atoms in total. The first-order valence-electron chi connectivity index (χ1n) is 15.9. The molecule has 0 saturated heterocycles. The van der Waals surface area contributed by atoms with Crippen LogP contribution in [-0.2, 0) is 26.5 Å². The van der Waals surface area contributed by atoms with E-state index in [0.29, 0.717) is 27.8 Å². The maximum Gasteiger partial charge on any atom is 0.0795 e. The Morgan fingerprint density at radius 1 is 0.848 bits per heavy atom. The van der Waals surface area contributed by atoms with Crippen molar-refractivity contribution < 1.29 is 27.2 Å². The predicted octanol–water partition coefficient (Wildman–Crippen LogP) is 10.4. The molecule has 7 rings (SSSR count). The molecule has 0 aliphatic heterocycles. The number of aromatic nitrogens is 2. The van der Waals surface area contributed by atoms with Gasteiger partial charge in [0.15, 0.2) is 0 Å². The van der Waals surface area contributed by atoms with Gasteiger partial charge >= 0.3 is 0 Å². The molecule has 0 aliphatic rings. The van der Waals surface area contributed by atoms with Crippen LogP contribution in [0.2, 0.25) is 19.6 Å². The van der Waals surface area contributed by atoms with Gasteiger partial charge in [0.2, 0.25) is 0 Å². The molecule has 0 N–H and O–H groups in total. The van der Waals surface area contributed by atoms with E-state index in [1.165, 1.54) is 22.6 Å². The number of hydrogen-bond donors (Lipinski definition) is 0. The molecule has 0 aliphatic carbocycles. The Hall–Kier alpha value is -3.80. The van der Waals surface area contributed by atoms with E-state index in [1.54, 1.807) is 18.3 Å². The van der Waals surface area contributed by atoms with Crippen molar-refractivity contribution in [1.29, 1.82) is 0 Å². The fraction of sp³-hybridized carbons (Fsp3) is 0.150. The summed E-state index contributed by atoms with van der Waals surface area (Å²) in [6.45, 7) is 10.8. The van der Waals surface area contributed by atoms with Crippen LogP contribution in [0.15, 0.2) is 109 Å². The molecule has 0 saturated carbocycles. The number of rotatable bonds is 5. The zero-order chi connectivity index (χ0) is 33.3. The molecular formula is C40H35FIrN2SSi-2. The molecule has 3 heterocycles. The molecule has 7 aromatic rings. The third-order valence-electron chi connectivity index (χ3n) is 7.79. The summed E-state index contributed by atoms with van der Waals surface area (Å²) in [7, 11) is -1.23. The number of aryl methyl sites for hydroxylation is 2. The van der Waals surface area contributed by atoms with E-state index >= 15 is 0 Å². The molecule has 0 unspecified atom stereocenters. The van der Waals surface area contributed by atoms with E-state index in [-0.39, 0.29) is 25.9 Å². The summed E-state index contributed by atoms with van der Waals surface area (Å²) >= 11 is 1.51. The zero-order valence-electron chi connectivity index (χ0n) is 28.4. The fourth-order valence-corrected chi connectivity index (χ4v) is 7.53. The molecule has 46 heavy (non-hydrogen) atoms. The van der Waals surface area contributed by atoms with Crippen LogP contribution in [0.4, 0.5) is 4.39 Å². The van der Waals surface area contributed by atoms with E-state index in [0.717, 1.165) is 37.2 Å². The summed E-state index contributed by atoms with van der Waals surface area (Å²) in [6.07, 6.45) is 1.95. The van der Waals surface area contributed by atoms with E-state index in [4.69, 9.17) is 2.74 Å². The minimum atomic E-state index is -1.69. The second-order valence-corrected chi connectivity index (χ2v) is 18.2. The number of fused-ring (bicyclic) bond motifs is 3. The van der Waals surface area contributed by atoms with Crippen LogP contribution in [0.25, 0.3) is 42.7 Å². The quantitative estimate of drug-likeness (QED) is 0.128. The molecule has 0 atom stereocenters. The van der Waals surface area contributed by atoms with Crippen molar-refractivity contribution in [3.63, 3.8) is 0 Å². The van der Waals surface area contributed by atoms with E-state index in [9.17, 15) is 4.39 Å². The number of hydrogen-bond acceptors (Lipinski definition) is 3. The molecule has 0 bridgehead atoms. The van der Waals surface area contributed by atoms with Gasteiger partial charge in [-0.2, -0.15) is 11.3 Å². The van der Waals surface area contributed by atoms with Crippen molar-refractivity contribution in [1.82, 2.24) is 9.97 Å². The minimum Gasteiger partial charge on any atom is -0.305 e. The smallest absolute Gasteiger partial charge is 0.0795 e. The molecule has 0 spiro atoms. The average molecular weight is 817 g/mol. The van der Waals surface area contributed by atoms with Gasteiger partial charge < -0.3 is 9.97 Å². The Balaban J connectivity index is 0.000000224. The minimum absolute atomic E-state index is 0. The molecule has 4 aromatic carbocycles. The van der Waals surface area contributed by atoms with E-state index in [1.807, 2.05) is 86.8 Å². The van der Waals surface area contributed by atoms with Crippen LogP contribution in [0.1, 0.15) is 25.0 Å². The van der Waals surface area contributed by atoms with Crippen molar-refractivity contribution in [3.05, 3.63) is 150 Å². The summed E-state index contributed by atoms with van der Waals surface area (Å²) in [6, 6.07) is 36.8. The largest absolute Gasteiger partial charge is 0.305 e. The second kappa shape index (κ2) is 14.3. The normalized spacial score (nSPS) is 12.1. The van der Waals surface area contributed by atoms with Gasteiger partial charge in [0.1, 0.15) is 0 Å². The Morgan fingerprint density at radius 2 is 1.61 bits per heavy atom. The number of thiophene rings is 1. The summed E-state index contributed by atoms with van der Waals surface area (Å²) in [5, 5.41) is 2.84. The van der Waals surface area contributed by atoms with Crippen molar-refractivity contribution in [2.75, 3.05) is 0 Å². The second-order valence-electron chi connectivity index (χ2n) is 12.1. The predicted molar refractivity (Wildman–Crippen MR) is 192 cm³/mol. The van der Waals surface area contributed by atoms with Crippen LogP contribution >= 0.6 is 11.3 Å². The maximum atomic E-state index is 14.7. The molecule has 233 valence electrons. The molecule has 6 heteroatoms.